The van der Waals surface area contributed by atoms with Gasteiger partial charge in [-0.05, 0) is 30.2 Å². The summed E-state index contributed by atoms with van der Waals surface area (Å²) in [7, 11) is 1.61. The molecule has 0 saturated heterocycles. The Morgan fingerprint density at radius 2 is 1.87 bits per heavy atom. The second-order valence-corrected chi connectivity index (χ2v) is 7.48. The second-order valence-electron chi connectivity index (χ2n) is 7.48. The van der Waals surface area contributed by atoms with Gasteiger partial charge in [-0.15, -0.1) is 0 Å². The molecular weight excluding hydrogens is 392 g/mol. The van der Waals surface area contributed by atoms with E-state index in [4.69, 9.17) is 4.74 Å². The van der Waals surface area contributed by atoms with Gasteiger partial charge in [-0.1, -0.05) is 42.5 Å². The Balaban J connectivity index is 1.56. The lowest BCUT2D eigenvalue weighted by Gasteiger charge is -2.19. The van der Waals surface area contributed by atoms with Gasteiger partial charge in [-0.3, -0.25) is 14.7 Å². The van der Waals surface area contributed by atoms with Gasteiger partial charge in [0.1, 0.15) is 5.75 Å². The lowest BCUT2D eigenvalue weighted by molar-refractivity contribution is -0.121. The van der Waals surface area contributed by atoms with Gasteiger partial charge in [0.25, 0.3) is 5.56 Å². The third-order valence-corrected chi connectivity index (χ3v) is 5.11. The molecule has 0 bridgehead atoms. The molecule has 2 heterocycles. The van der Waals surface area contributed by atoms with Gasteiger partial charge < -0.3 is 10.1 Å². The fourth-order valence-corrected chi connectivity index (χ4v) is 3.59. The summed E-state index contributed by atoms with van der Waals surface area (Å²) in [5, 5.41) is 6.07. The first kappa shape index (κ1) is 20.4. The number of rotatable bonds is 7. The SMILES string of the molecule is COc1ccc(CC(=O)N[C@H](Cc2cc(=O)n3[nH]c(C)cc3n2)c2ccccc2)cc1. The molecule has 4 rings (SSSR count). The summed E-state index contributed by atoms with van der Waals surface area (Å²) >= 11 is 0. The Morgan fingerprint density at radius 1 is 1.13 bits per heavy atom. The van der Waals surface area contributed by atoms with Crippen LogP contribution in [0.5, 0.6) is 5.75 Å². The maximum atomic E-state index is 12.8. The zero-order valence-corrected chi connectivity index (χ0v) is 17.5. The minimum Gasteiger partial charge on any atom is -0.497 e. The fraction of sp³-hybridized carbons (Fsp3) is 0.208. The van der Waals surface area contributed by atoms with E-state index in [1.54, 1.807) is 7.11 Å². The minimum atomic E-state index is -0.304. The molecule has 0 radical (unpaired) electrons. The van der Waals surface area contributed by atoms with E-state index in [0.717, 1.165) is 22.6 Å². The predicted molar refractivity (Wildman–Crippen MR) is 118 cm³/mol. The average Bonchev–Trinajstić information content (AvgIpc) is 3.15. The number of carbonyl (C=O) groups excluding carboxylic acids is 1. The number of methoxy groups -OCH3 is 1. The monoisotopic (exact) mass is 416 g/mol. The lowest BCUT2D eigenvalue weighted by Crippen LogP contribution is -2.31. The van der Waals surface area contributed by atoms with Crippen LogP contribution in [0.1, 0.15) is 28.6 Å². The number of fused-ring (bicyclic) bond motifs is 1. The summed E-state index contributed by atoms with van der Waals surface area (Å²) in [6.45, 7) is 1.87. The van der Waals surface area contributed by atoms with Gasteiger partial charge in [0.15, 0.2) is 5.65 Å². The molecule has 0 aliphatic carbocycles. The van der Waals surface area contributed by atoms with Gasteiger partial charge in [0.05, 0.1) is 25.3 Å². The van der Waals surface area contributed by atoms with E-state index in [0.29, 0.717) is 17.8 Å². The van der Waals surface area contributed by atoms with Crippen LogP contribution >= 0.6 is 0 Å². The number of carbonyl (C=O) groups is 1. The van der Waals surface area contributed by atoms with Crippen LogP contribution in [0.25, 0.3) is 5.65 Å². The standard InChI is InChI=1S/C24H24N4O3/c1-16-12-22-25-19(15-24(30)28(22)27-16)14-21(18-6-4-3-5-7-18)26-23(29)13-17-8-10-20(31-2)11-9-17/h3-12,15,21,27H,13-14H2,1-2H3,(H,26,29)/t21-/m1/s1. The molecule has 4 aromatic rings. The Hall–Kier alpha value is -3.87. The van der Waals surface area contributed by atoms with Crippen molar-refractivity contribution in [3.05, 3.63) is 99.6 Å². The van der Waals surface area contributed by atoms with E-state index < -0.39 is 0 Å². The Kier molecular flexibility index (Phi) is 5.84. The van der Waals surface area contributed by atoms with Crippen molar-refractivity contribution in [3.63, 3.8) is 0 Å². The minimum absolute atomic E-state index is 0.102. The van der Waals surface area contributed by atoms with Gasteiger partial charge >= 0.3 is 0 Å². The highest BCUT2D eigenvalue weighted by Gasteiger charge is 2.17. The summed E-state index contributed by atoms with van der Waals surface area (Å²) < 4.78 is 6.58. The molecule has 2 aromatic carbocycles. The molecule has 0 fully saturated rings. The Labute approximate surface area is 179 Å². The van der Waals surface area contributed by atoms with Gasteiger partial charge in [-0.2, -0.15) is 0 Å². The van der Waals surface area contributed by atoms with Gasteiger partial charge in [0, 0.05) is 24.2 Å². The molecule has 0 unspecified atom stereocenters. The molecule has 1 amide bonds. The van der Waals surface area contributed by atoms with Crippen LogP contribution in [0.15, 0.2) is 71.5 Å². The van der Waals surface area contributed by atoms with Crippen molar-refractivity contribution >= 4 is 11.6 Å². The fourth-order valence-electron chi connectivity index (χ4n) is 3.59. The number of amides is 1. The van der Waals surface area contributed by atoms with Crippen molar-refractivity contribution in [1.82, 2.24) is 19.9 Å². The first-order valence-corrected chi connectivity index (χ1v) is 10.1. The molecular formula is C24H24N4O3. The van der Waals surface area contributed by atoms with Crippen LogP contribution in [0.3, 0.4) is 0 Å². The van der Waals surface area contributed by atoms with Crippen molar-refractivity contribution < 1.29 is 9.53 Å². The van der Waals surface area contributed by atoms with Crippen LogP contribution in [0.4, 0.5) is 0 Å². The molecule has 0 aliphatic rings. The van der Waals surface area contributed by atoms with Crippen molar-refractivity contribution in [2.75, 3.05) is 7.11 Å². The van der Waals surface area contributed by atoms with E-state index >= 15 is 0 Å². The van der Waals surface area contributed by atoms with Crippen LogP contribution < -0.4 is 15.6 Å². The summed E-state index contributed by atoms with van der Waals surface area (Å²) in [4.78, 5) is 29.8. The molecule has 7 nitrogen and oxygen atoms in total. The third kappa shape index (κ3) is 4.83. The van der Waals surface area contributed by atoms with Gasteiger partial charge in [-0.25, -0.2) is 9.50 Å². The van der Waals surface area contributed by atoms with E-state index in [9.17, 15) is 9.59 Å². The smallest absolute Gasteiger partial charge is 0.272 e. The van der Waals surface area contributed by atoms with Crippen LogP contribution in [-0.4, -0.2) is 27.6 Å². The van der Waals surface area contributed by atoms with E-state index in [2.05, 4.69) is 15.4 Å². The number of aryl methyl sites for hydroxylation is 1. The number of nitrogens with zero attached hydrogens (tertiary/aromatic N) is 2. The highest BCUT2D eigenvalue weighted by molar-refractivity contribution is 5.79. The zero-order chi connectivity index (χ0) is 21.8. The Morgan fingerprint density at radius 3 is 2.58 bits per heavy atom. The third-order valence-electron chi connectivity index (χ3n) is 5.11. The Bertz CT molecular complexity index is 1240. The van der Waals surface area contributed by atoms with E-state index in [-0.39, 0.29) is 23.9 Å². The molecule has 2 aromatic heterocycles. The molecule has 1 atom stereocenters. The summed E-state index contributed by atoms with van der Waals surface area (Å²) in [6.07, 6.45) is 0.661. The maximum Gasteiger partial charge on any atom is 0.272 e. The topological polar surface area (TPSA) is 88.5 Å². The van der Waals surface area contributed by atoms with Crippen molar-refractivity contribution in [2.24, 2.45) is 0 Å². The number of aromatic amines is 1. The molecule has 31 heavy (non-hydrogen) atoms. The number of nitrogens with one attached hydrogen (secondary N) is 2. The number of benzene rings is 2. The number of hydrogen-bond acceptors (Lipinski definition) is 4. The molecule has 0 aliphatic heterocycles. The van der Waals surface area contributed by atoms with Crippen LogP contribution in [0, 0.1) is 6.92 Å². The molecule has 7 heteroatoms. The summed E-state index contributed by atoms with van der Waals surface area (Å²) in [5.74, 6) is 0.647. The van der Waals surface area contributed by atoms with Gasteiger partial charge in [0.2, 0.25) is 5.91 Å². The van der Waals surface area contributed by atoms with E-state index in [1.165, 1.54) is 10.6 Å². The molecule has 0 saturated carbocycles. The average molecular weight is 416 g/mol. The number of H-pyrrole nitrogens is 1. The lowest BCUT2D eigenvalue weighted by atomic mass is 10.0. The van der Waals surface area contributed by atoms with Crippen molar-refractivity contribution in [1.29, 1.82) is 0 Å². The zero-order valence-electron chi connectivity index (χ0n) is 17.5. The number of hydrogen-bond donors (Lipinski definition) is 2. The second kappa shape index (κ2) is 8.87. The molecule has 0 spiro atoms. The number of aromatic nitrogens is 3. The normalized spacial score (nSPS) is 11.9. The van der Waals surface area contributed by atoms with Crippen LogP contribution in [0.2, 0.25) is 0 Å². The number of ether oxygens (including phenoxy) is 1. The largest absolute Gasteiger partial charge is 0.497 e. The molecule has 158 valence electrons. The summed E-state index contributed by atoms with van der Waals surface area (Å²) in [5.41, 5.74) is 3.72. The first-order valence-electron chi connectivity index (χ1n) is 10.1. The maximum absolute atomic E-state index is 12.8. The first-order chi connectivity index (χ1) is 15.0. The predicted octanol–water partition coefficient (Wildman–Crippen LogP) is 2.98. The summed E-state index contributed by atoms with van der Waals surface area (Å²) in [6, 6.07) is 20.2. The molecule has 2 N–H and O–H groups in total. The van der Waals surface area contributed by atoms with Crippen molar-refractivity contribution in [3.8, 4) is 5.75 Å². The van der Waals surface area contributed by atoms with Crippen molar-refractivity contribution in [2.45, 2.75) is 25.8 Å². The van der Waals surface area contributed by atoms with Crippen LogP contribution in [-0.2, 0) is 17.6 Å². The quantitative estimate of drug-likeness (QED) is 0.485. The highest BCUT2D eigenvalue weighted by Crippen LogP contribution is 2.18. The highest BCUT2D eigenvalue weighted by atomic mass is 16.5. The van der Waals surface area contributed by atoms with E-state index in [1.807, 2.05) is 67.6 Å².